The lowest BCUT2D eigenvalue weighted by atomic mass is 10.1. The highest BCUT2D eigenvalue weighted by Crippen LogP contribution is 2.37. The molecule has 0 saturated heterocycles. The average Bonchev–Trinajstić information content (AvgIpc) is 2.23. The van der Waals surface area contributed by atoms with Crippen molar-refractivity contribution in [2.45, 2.75) is 0 Å². The monoisotopic (exact) mass is 205 g/mol. The number of hydrogen-bond acceptors (Lipinski definition) is 5. The Morgan fingerprint density at radius 3 is 2.00 bits per heavy atom. The first-order chi connectivity index (χ1) is 7.02. The zero-order valence-corrected chi connectivity index (χ0v) is 7.90. The number of hydrogen-bond donors (Lipinski definition) is 4. The van der Waals surface area contributed by atoms with E-state index in [1.165, 1.54) is 12.4 Å². The molecule has 8 N–H and O–H groups in total. The predicted octanol–water partition coefficient (Wildman–Crippen LogP) is -0.198. The maximum Gasteiger partial charge on any atom is 0.190 e. The minimum absolute atomic E-state index is 0.214. The second-order valence-corrected chi connectivity index (χ2v) is 3.29. The molecule has 1 aromatic heterocycles. The summed E-state index contributed by atoms with van der Waals surface area (Å²) in [6.07, 6.45) is 2.64. The molecule has 0 bridgehead atoms. The van der Waals surface area contributed by atoms with Gasteiger partial charge in [-0.3, -0.25) is 0 Å². The lowest BCUT2D eigenvalue weighted by Gasteiger charge is -2.11. The summed E-state index contributed by atoms with van der Waals surface area (Å²) >= 11 is 0. The van der Waals surface area contributed by atoms with Crippen LogP contribution in [0.1, 0.15) is 0 Å². The van der Waals surface area contributed by atoms with Crippen LogP contribution in [0.25, 0.3) is 10.8 Å². The van der Waals surface area contributed by atoms with Crippen molar-refractivity contribution >= 4 is 33.5 Å². The normalized spacial score (nSPS) is 10.7. The van der Waals surface area contributed by atoms with Gasteiger partial charge < -0.3 is 28.1 Å². The van der Waals surface area contributed by atoms with Gasteiger partial charge in [-0.25, -0.2) is 0 Å². The average molecular weight is 205 g/mol. The van der Waals surface area contributed by atoms with Crippen molar-refractivity contribution < 1.29 is 4.73 Å². The molecule has 1 aromatic carbocycles. The number of pyridine rings is 1. The van der Waals surface area contributed by atoms with Gasteiger partial charge in [0.2, 0.25) is 0 Å². The largest absolute Gasteiger partial charge is 0.619 e. The number of nitrogen functional groups attached to an aromatic ring is 4. The van der Waals surface area contributed by atoms with E-state index in [0.717, 1.165) is 0 Å². The van der Waals surface area contributed by atoms with Crippen LogP contribution in [0.4, 0.5) is 22.7 Å². The smallest absolute Gasteiger partial charge is 0.190 e. The zero-order valence-electron chi connectivity index (χ0n) is 7.90. The molecular formula is C9H11N5O. The molecule has 0 saturated carbocycles. The van der Waals surface area contributed by atoms with E-state index in [2.05, 4.69) is 0 Å². The van der Waals surface area contributed by atoms with Gasteiger partial charge in [0.05, 0.1) is 28.1 Å². The fourth-order valence-electron chi connectivity index (χ4n) is 1.51. The Hall–Kier alpha value is -2.37. The standard InChI is InChI=1S/C9H11N5O/c10-6-4-1-2-14(15)3-5(4)7(11)9(13)8(6)12/h1-3H,10-13H2. The molecule has 0 aliphatic rings. The summed E-state index contributed by atoms with van der Waals surface area (Å²) < 4.78 is 0.633. The van der Waals surface area contributed by atoms with Crippen LogP contribution in [-0.4, -0.2) is 0 Å². The maximum absolute atomic E-state index is 11.1. The van der Waals surface area contributed by atoms with Crippen LogP contribution >= 0.6 is 0 Å². The van der Waals surface area contributed by atoms with Crippen molar-refractivity contribution in [3.8, 4) is 0 Å². The minimum atomic E-state index is 0.214. The molecule has 0 spiro atoms. The van der Waals surface area contributed by atoms with Crippen molar-refractivity contribution in [3.05, 3.63) is 23.7 Å². The van der Waals surface area contributed by atoms with E-state index in [9.17, 15) is 5.21 Å². The predicted molar refractivity (Wildman–Crippen MR) is 60.6 cm³/mol. The van der Waals surface area contributed by atoms with E-state index >= 15 is 0 Å². The zero-order chi connectivity index (χ0) is 11.2. The van der Waals surface area contributed by atoms with Gasteiger partial charge in [-0.1, -0.05) is 0 Å². The van der Waals surface area contributed by atoms with Gasteiger partial charge in [0, 0.05) is 11.5 Å². The molecule has 0 radical (unpaired) electrons. The molecule has 2 aromatic rings. The molecular weight excluding hydrogens is 194 g/mol. The number of fused-ring (bicyclic) bond motifs is 1. The molecule has 0 aliphatic heterocycles. The molecule has 1 heterocycles. The van der Waals surface area contributed by atoms with E-state index in [0.29, 0.717) is 21.2 Å². The van der Waals surface area contributed by atoms with Crippen LogP contribution in [0.2, 0.25) is 0 Å². The van der Waals surface area contributed by atoms with E-state index in [1.54, 1.807) is 6.07 Å². The van der Waals surface area contributed by atoms with Crippen molar-refractivity contribution in [2.75, 3.05) is 22.9 Å². The first-order valence-electron chi connectivity index (χ1n) is 4.26. The Bertz CT molecular complexity index is 552. The number of nitrogens with zero attached hydrogens (tertiary/aromatic N) is 1. The Morgan fingerprint density at radius 1 is 0.867 bits per heavy atom. The first kappa shape index (κ1) is 9.20. The first-order valence-corrected chi connectivity index (χ1v) is 4.26. The highest BCUT2D eigenvalue weighted by molar-refractivity contribution is 6.10. The fourth-order valence-corrected chi connectivity index (χ4v) is 1.51. The molecule has 78 valence electrons. The van der Waals surface area contributed by atoms with Gasteiger partial charge in [-0.05, 0) is 0 Å². The number of benzene rings is 1. The maximum atomic E-state index is 11.1. The molecule has 6 nitrogen and oxygen atoms in total. The molecule has 15 heavy (non-hydrogen) atoms. The summed E-state index contributed by atoms with van der Waals surface area (Å²) in [5.41, 5.74) is 23.9. The Labute approximate surface area is 85.7 Å². The van der Waals surface area contributed by atoms with Crippen LogP contribution in [0.3, 0.4) is 0 Å². The summed E-state index contributed by atoms with van der Waals surface area (Å²) in [6, 6.07) is 1.56. The minimum Gasteiger partial charge on any atom is -0.619 e. The summed E-state index contributed by atoms with van der Waals surface area (Å²) in [7, 11) is 0. The topological polar surface area (TPSA) is 131 Å². The number of aromatic nitrogens is 1. The van der Waals surface area contributed by atoms with Crippen LogP contribution in [0.5, 0.6) is 0 Å². The molecule has 0 unspecified atom stereocenters. The third kappa shape index (κ3) is 1.15. The Balaban J connectivity index is 3.00. The second-order valence-electron chi connectivity index (χ2n) is 3.29. The molecule has 0 fully saturated rings. The van der Waals surface area contributed by atoms with E-state index in [1.807, 2.05) is 0 Å². The van der Waals surface area contributed by atoms with Gasteiger partial charge in [-0.15, -0.1) is 0 Å². The van der Waals surface area contributed by atoms with Crippen LogP contribution in [0.15, 0.2) is 18.5 Å². The van der Waals surface area contributed by atoms with Gasteiger partial charge in [0.25, 0.3) is 0 Å². The fraction of sp³-hybridized carbons (Fsp3) is 0. The summed E-state index contributed by atoms with van der Waals surface area (Å²) in [4.78, 5) is 0. The van der Waals surface area contributed by atoms with Gasteiger partial charge in [-0.2, -0.15) is 4.73 Å². The number of anilines is 4. The molecule has 2 rings (SSSR count). The lowest BCUT2D eigenvalue weighted by Crippen LogP contribution is -2.24. The highest BCUT2D eigenvalue weighted by atomic mass is 16.5. The third-order valence-electron chi connectivity index (χ3n) is 2.39. The molecule has 0 atom stereocenters. The van der Waals surface area contributed by atoms with Crippen LogP contribution in [0, 0.1) is 5.21 Å². The van der Waals surface area contributed by atoms with E-state index in [-0.39, 0.29) is 17.1 Å². The lowest BCUT2D eigenvalue weighted by molar-refractivity contribution is -0.603. The number of rotatable bonds is 0. The Morgan fingerprint density at radius 2 is 1.40 bits per heavy atom. The van der Waals surface area contributed by atoms with Gasteiger partial charge in [0.15, 0.2) is 12.4 Å². The van der Waals surface area contributed by atoms with Gasteiger partial charge in [0.1, 0.15) is 0 Å². The van der Waals surface area contributed by atoms with Crippen LogP contribution < -0.4 is 27.7 Å². The summed E-state index contributed by atoms with van der Waals surface area (Å²) in [5.74, 6) is 0. The van der Waals surface area contributed by atoms with Crippen molar-refractivity contribution in [1.29, 1.82) is 0 Å². The SMILES string of the molecule is Nc1c(N)c(N)c2c[n+]([O-])ccc2c1N. The molecule has 6 heteroatoms. The van der Waals surface area contributed by atoms with E-state index < -0.39 is 0 Å². The third-order valence-corrected chi connectivity index (χ3v) is 2.39. The quantitative estimate of drug-likeness (QED) is 0.269. The molecule has 0 amide bonds. The van der Waals surface area contributed by atoms with Crippen molar-refractivity contribution in [3.63, 3.8) is 0 Å². The van der Waals surface area contributed by atoms with Crippen LogP contribution in [-0.2, 0) is 0 Å². The number of nitrogens with two attached hydrogens (primary N) is 4. The summed E-state index contributed by atoms with van der Waals surface area (Å²) in [6.45, 7) is 0. The van der Waals surface area contributed by atoms with Gasteiger partial charge >= 0.3 is 0 Å². The van der Waals surface area contributed by atoms with Crippen molar-refractivity contribution in [2.24, 2.45) is 0 Å². The van der Waals surface area contributed by atoms with E-state index in [4.69, 9.17) is 22.9 Å². The second kappa shape index (κ2) is 2.81. The van der Waals surface area contributed by atoms with Crippen molar-refractivity contribution in [1.82, 2.24) is 0 Å². The molecule has 0 aliphatic carbocycles. The summed E-state index contributed by atoms with van der Waals surface area (Å²) in [5, 5.41) is 12.2. The Kier molecular flexibility index (Phi) is 1.72. The highest BCUT2D eigenvalue weighted by Gasteiger charge is 2.13.